The third-order valence-electron chi connectivity index (χ3n) is 0.580. The van der Waals surface area contributed by atoms with Crippen molar-refractivity contribution in [2.75, 3.05) is 0 Å². The van der Waals surface area contributed by atoms with Crippen LogP contribution in [0.1, 0.15) is 12.8 Å². The fourth-order valence-electron chi connectivity index (χ4n) is 0.238. The maximum Gasteiger partial charge on any atom is 0.312 e. The van der Waals surface area contributed by atoms with E-state index in [0.717, 1.165) is 0 Å². The van der Waals surface area contributed by atoms with Crippen LogP contribution in [0.25, 0.3) is 0 Å². The Kier molecular flexibility index (Phi) is 9.27. The van der Waals surface area contributed by atoms with Crippen molar-refractivity contribution in [1.82, 2.24) is 0 Å². The summed E-state index contributed by atoms with van der Waals surface area (Å²) in [5, 5.41) is 13.9. The maximum absolute atomic E-state index is 9.64. The number of rotatable bonds is 4. The highest BCUT2D eigenvalue weighted by atomic mass is 35.5. The van der Waals surface area contributed by atoms with Gasteiger partial charge in [-0.3, -0.25) is 19.2 Å². The molecular formula is C6H6Cl2O6. The summed E-state index contributed by atoms with van der Waals surface area (Å²) in [6.45, 7) is 0. The van der Waals surface area contributed by atoms with Crippen LogP contribution in [-0.4, -0.2) is 32.6 Å². The summed E-state index contributed by atoms with van der Waals surface area (Å²) in [6, 6.07) is 0. The van der Waals surface area contributed by atoms with Crippen molar-refractivity contribution < 1.29 is 29.4 Å². The summed E-state index contributed by atoms with van der Waals surface area (Å²) >= 11 is 9.31. The molecule has 0 aliphatic heterocycles. The van der Waals surface area contributed by atoms with Gasteiger partial charge in [-0.05, 0) is 23.2 Å². The van der Waals surface area contributed by atoms with E-state index in [1.807, 2.05) is 0 Å². The Balaban J connectivity index is 0. The minimum absolute atomic E-state index is 0.596. The molecule has 0 rings (SSSR count). The lowest BCUT2D eigenvalue weighted by Crippen LogP contribution is -1.98. The summed E-state index contributed by atoms with van der Waals surface area (Å²) in [4.78, 5) is 38.3. The van der Waals surface area contributed by atoms with E-state index < -0.39 is 35.3 Å². The largest absolute Gasteiger partial charge is 0.481 e. The molecule has 0 bridgehead atoms. The zero-order valence-corrected chi connectivity index (χ0v) is 8.21. The lowest BCUT2D eigenvalue weighted by molar-refractivity contribution is -0.140. The molecule has 0 amide bonds. The lowest BCUT2D eigenvalue weighted by atomic mass is 10.5. The number of aliphatic carboxylic acids is 2. The molecular weight excluding hydrogens is 239 g/mol. The standard InChI is InChI=1S/2C3H3ClO3/c2*4-2(5)1-3(6)7/h2*1H2,(H,6,7). The van der Waals surface area contributed by atoms with Crippen LogP contribution in [0.15, 0.2) is 0 Å². The van der Waals surface area contributed by atoms with Gasteiger partial charge in [0.1, 0.15) is 12.8 Å². The Morgan fingerprint density at radius 2 is 1.00 bits per heavy atom. The molecule has 0 aliphatic carbocycles. The Bertz CT molecular complexity index is 199. The van der Waals surface area contributed by atoms with Gasteiger partial charge in [0.05, 0.1) is 0 Å². The minimum Gasteiger partial charge on any atom is -0.481 e. The molecule has 0 heterocycles. The third-order valence-corrected chi connectivity index (χ3v) is 0.848. The van der Waals surface area contributed by atoms with Crippen LogP contribution in [0.4, 0.5) is 0 Å². The molecule has 0 aromatic rings. The average Bonchev–Trinajstić information content (AvgIpc) is 1.79. The Morgan fingerprint density at radius 1 is 0.786 bits per heavy atom. The lowest BCUT2D eigenvalue weighted by Gasteiger charge is -1.78. The van der Waals surface area contributed by atoms with Crippen LogP contribution in [0.5, 0.6) is 0 Å². The summed E-state index contributed by atoms with van der Waals surface area (Å²) in [7, 11) is 0. The molecule has 8 heteroatoms. The second kappa shape index (κ2) is 8.46. The van der Waals surface area contributed by atoms with Gasteiger partial charge in [0.2, 0.25) is 10.5 Å². The van der Waals surface area contributed by atoms with Crippen LogP contribution in [-0.2, 0) is 19.2 Å². The number of hydrogen-bond donors (Lipinski definition) is 2. The maximum atomic E-state index is 9.64. The van der Waals surface area contributed by atoms with Gasteiger partial charge in [0.15, 0.2) is 0 Å². The van der Waals surface area contributed by atoms with E-state index in [0.29, 0.717) is 0 Å². The number of hydrogen-bond acceptors (Lipinski definition) is 4. The van der Waals surface area contributed by atoms with Crippen LogP contribution in [0, 0.1) is 0 Å². The Morgan fingerprint density at radius 3 is 1.00 bits per heavy atom. The molecule has 0 saturated heterocycles. The van der Waals surface area contributed by atoms with Crippen molar-refractivity contribution >= 4 is 45.6 Å². The van der Waals surface area contributed by atoms with Gasteiger partial charge in [-0.1, -0.05) is 0 Å². The second-order valence-corrected chi connectivity index (χ2v) is 2.69. The fraction of sp³-hybridized carbons (Fsp3) is 0.333. The number of carboxylic acids is 2. The molecule has 0 fully saturated rings. The number of halogens is 2. The van der Waals surface area contributed by atoms with E-state index in [1.165, 1.54) is 0 Å². The highest BCUT2D eigenvalue weighted by Gasteiger charge is 2.01. The fourth-order valence-corrected chi connectivity index (χ4v) is 0.466. The summed E-state index contributed by atoms with van der Waals surface area (Å²) in [5.74, 6) is -2.39. The molecule has 0 saturated carbocycles. The zero-order valence-electron chi connectivity index (χ0n) is 6.70. The topological polar surface area (TPSA) is 109 Å². The highest BCUT2D eigenvalue weighted by Crippen LogP contribution is 1.85. The smallest absolute Gasteiger partial charge is 0.312 e. The first-order valence-corrected chi connectivity index (χ1v) is 3.81. The van der Waals surface area contributed by atoms with Gasteiger partial charge in [-0.25, -0.2) is 0 Å². The molecule has 14 heavy (non-hydrogen) atoms. The molecule has 0 spiro atoms. The molecule has 0 unspecified atom stereocenters. The first-order chi connectivity index (χ1) is 6.25. The van der Waals surface area contributed by atoms with Crippen molar-refractivity contribution in [3.8, 4) is 0 Å². The average molecular weight is 245 g/mol. The number of carboxylic acid groups (broad SMARTS) is 2. The molecule has 0 aliphatic rings. The van der Waals surface area contributed by atoms with Crippen LogP contribution in [0.3, 0.4) is 0 Å². The van der Waals surface area contributed by atoms with Gasteiger partial charge in [0.25, 0.3) is 0 Å². The number of carbonyl (C=O) groups excluding carboxylic acids is 2. The molecule has 0 atom stereocenters. The van der Waals surface area contributed by atoms with Crippen LogP contribution < -0.4 is 0 Å². The minimum atomic E-state index is -1.19. The second-order valence-electron chi connectivity index (χ2n) is 1.85. The van der Waals surface area contributed by atoms with Crippen molar-refractivity contribution in [3.63, 3.8) is 0 Å². The summed E-state index contributed by atoms with van der Waals surface area (Å²) in [6.07, 6.45) is -1.19. The Labute approximate surface area is 88.4 Å². The van der Waals surface area contributed by atoms with Crippen molar-refractivity contribution in [2.45, 2.75) is 12.8 Å². The SMILES string of the molecule is O=C(O)CC(=O)Cl.O=C(O)CC(=O)Cl. The van der Waals surface area contributed by atoms with E-state index >= 15 is 0 Å². The first-order valence-electron chi connectivity index (χ1n) is 3.06. The van der Waals surface area contributed by atoms with Gasteiger partial charge >= 0.3 is 11.9 Å². The monoisotopic (exact) mass is 244 g/mol. The van der Waals surface area contributed by atoms with E-state index in [9.17, 15) is 19.2 Å². The summed E-state index contributed by atoms with van der Waals surface area (Å²) < 4.78 is 0. The predicted molar refractivity (Wildman–Crippen MR) is 46.2 cm³/mol. The van der Waals surface area contributed by atoms with Gasteiger partial charge in [-0.2, -0.15) is 0 Å². The molecule has 80 valence electrons. The first kappa shape index (κ1) is 15.3. The van der Waals surface area contributed by atoms with Crippen LogP contribution in [0.2, 0.25) is 0 Å². The van der Waals surface area contributed by atoms with E-state index in [2.05, 4.69) is 23.2 Å². The zero-order chi connectivity index (χ0) is 11.7. The predicted octanol–water partition coefficient (Wildman–Crippen LogP) is 0.453. The van der Waals surface area contributed by atoms with Gasteiger partial charge in [-0.15, -0.1) is 0 Å². The van der Waals surface area contributed by atoms with Crippen molar-refractivity contribution in [1.29, 1.82) is 0 Å². The molecule has 6 nitrogen and oxygen atoms in total. The third kappa shape index (κ3) is 22.4. The van der Waals surface area contributed by atoms with Crippen molar-refractivity contribution in [2.24, 2.45) is 0 Å². The van der Waals surface area contributed by atoms with Crippen LogP contribution >= 0.6 is 23.2 Å². The molecule has 2 N–H and O–H groups in total. The normalized spacial score (nSPS) is 8.14. The number of carbonyl (C=O) groups is 4. The van der Waals surface area contributed by atoms with E-state index in [-0.39, 0.29) is 0 Å². The van der Waals surface area contributed by atoms with E-state index in [1.54, 1.807) is 0 Å². The van der Waals surface area contributed by atoms with Gasteiger partial charge in [0, 0.05) is 0 Å². The quantitative estimate of drug-likeness (QED) is 0.549. The van der Waals surface area contributed by atoms with E-state index in [4.69, 9.17) is 10.2 Å². The molecule has 0 aromatic carbocycles. The molecule has 0 radical (unpaired) electrons. The van der Waals surface area contributed by atoms with Gasteiger partial charge < -0.3 is 10.2 Å². The Hall–Kier alpha value is -1.14. The molecule has 0 aromatic heterocycles. The highest BCUT2D eigenvalue weighted by molar-refractivity contribution is 6.65. The summed E-state index contributed by atoms with van der Waals surface area (Å²) in [5.41, 5.74) is 0. The van der Waals surface area contributed by atoms with Crippen molar-refractivity contribution in [3.05, 3.63) is 0 Å².